The fraction of sp³-hybridized carbons (Fsp3) is 0.333. The fourth-order valence-corrected chi connectivity index (χ4v) is 2.38. The zero-order chi connectivity index (χ0) is 13.3. The van der Waals surface area contributed by atoms with E-state index in [9.17, 15) is 14.3 Å². The van der Waals surface area contributed by atoms with Crippen LogP contribution >= 0.6 is 12.2 Å². The van der Waals surface area contributed by atoms with Crippen molar-refractivity contribution in [1.82, 2.24) is 4.90 Å². The molecule has 0 aromatic heterocycles. The van der Waals surface area contributed by atoms with Crippen LogP contribution in [0.3, 0.4) is 0 Å². The molecule has 1 unspecified atom stereocenters. The molecule has 6 heteroatoms. The molecular weight excluding hydrogens is 255 g/mol. The lowest BCUT2D eigenvalue weighted by Crippen LogP contribution is -2.42. The Morgan fingerprint density at radius 2 is 2.28 bits per heavy atom. The van der Waals surface area contributed by atoms with Crippen molar-refractivity contribution in [2.24, 2.45) is 5.73 Å². The Bertz CT molecular complexity index is 507. The van der Waals surface area contributed by atoms with Gasteiger partial charge in [-0.15, -0.1) is 0 Å². The molecule has 3 N–H and O–H groups in total. The third-order valence-electron chi connectivity index (χ3n) is 3.03. The van der Waals surface area contributed by atoms with Crippen molar-refractivity contribution in [2.45, 2.75) is 18.9 Å². The van der Waals surface area contributed by atoms with E-state index in [0.29, 0.717) is 13.0 Å². The Labute approximate surface area is 109 Å². The SMILES string of the molecule is NC(=S)C1CCCN1C(=O)c1cc(F)ccc1O. The van der Waals surface area contributed by atoms with Crippen molar-refractivity contribution in [3.8, 4) is 5.75 Å². The average Bonchev–Trinajstić information content (AvgIpc) is 2.80. The van der Waals surface area contributed by atoms with Crippen LogP contribution < -0.4 is 5.73 Å². The van der Waals surface area contributed by atoms with Crippen LogP contribution in [0.25, 0.3) is 0 Å². The number of likely N-dealkylation sites (tertiary alicyclic amines) is 1. The number of carbonyl (C=O) groups excluding carboxylic acids is 1. The van der Waals surface area contributed by atoms with Crippen molar-refractivity contribution < 1.29 is 14.3 Å². The number of aromatic hydroxyl groups is 1. The van der Waals surface area contributed by atoms with Gasteiger partial charge >= 0.3 is 0 Å². The van der Waals surface area contributed by atoms with Crippen LogP contribution in [0.4, 0.5) is 4.39 Å². The molecule has 1 fully saturated rings. The second kappa shape index (κ2) is 4.89. The highest BCUT2D eigenvalue weighted by atomic mass is 32.1. The summed E-state index contributed by atoms with van der Waals surface area (Å²) in [6.07, 6.45) is 1.50. The summed E-state index contributed by atoms with van der Waals surface area (Å²) < 4.78 is 13.1. The monoisotopic (exact) mass is 268 g/mol. The Morgan fingerprint density at radius 3 is 2.94 bits per heavy atom. The zero-order valence-corrected chi connectivity index (χ0v) is 10.4. The second-order valence-corrected chi connectivity index (χ2v) is 4.69. The molecule has 96 valence electrons. The van der Waals surface area contributed by atoms with Gasteiger partial charge in [-0.25, -0.2) is 4.39 Å². The molecule has 2 rings (SSSR count). The van der Waals surface area contributed by atoms with Crippen molar-refractivity contribution in [1.29, 1.82) is 0 Å². The maximum absolute atomic E-state index is 13.1. The lowest BCUT2D eigenvalue weighted by molar-refractivity contribution is 0.0767. The predicted molar refractivity (Wildman–Crippen MR) is 68.9 cm³/mol. The highest BCUT2D eigenvalue weighted by Crippen LogP contribution is 2.25. The normalized spacial score (nSPS) is 18.9. The molecule has 4 nitrogen and oxygen atoms in total. The van der Waals surface area contributed by atoms with E-state index in [1.807, 2.05) is 0 Å². The largest absolute Gasteiger partial charge is 0.507 e. The van der Waals surface area contributed by atoms with Gasteiger partial charge in [0.05, 0.1) is 16.6 Å². The summed E-state index contributed by atoms with van der Waals surface area (Å²) in [6, 6.07) is 2.97. The van der Waals surface area contributed by atoms with Crippen LogP contribution in [0.5, 0.6) is 5.75 Å². The number of phenols is 1. The molecule has 0 bridgehead atoms. The number of carbonyl (C=O) groups is 1. The molecule has 0 saturated carbocycles. The lowest BCUT2D eigenvalue weighted by Gasteiger charge is -2.24. The number of hydrogen-bond acceptors (Lipinski definition) is 3. The average molecular weight is 268 g/mol. The number of thiocarbonyl (C=S) groups is 1. The van der Waals surface area contributed by atoms with E-state index in [1.165, 1.54) is 4.90 Å². The molecule has 1 aliphatic rings. The van der Waals surface area contributed by atoms with Crippen LogP contribution in [0, 0.1) is 5.82 Å². The van der Waals surface area contributed by atoms with Crippen LogP contribution in [-0.2, 0) is 0 Å². The van der Waals surface area contributed by atoms with E-state index in [1.54, 1.807) is 0 Å². The Hall–Kier alpha value is -1.69. The molecule has 0 radical (unpaired) electrons. The van der Waals surface area contributed by atoms with Gasteiger partial charge in [0.1, 0.15) is 11.6 Å². The smallest absolute Gasteiger partial charge is 0.258 e. The first-order valence-electron chi connectivity index (χ1n) is 5.59. The molecule has 1 aliphatic heterocycles. The minimum Gasteiger partial charge on any atom is -0.507 e. The summed E-state index contributed by atoms with van der Waals surface area (Å²) in [6.45, 7) is 0.511. The van der Waals surface area contributed by atoms with E-state index in [0.717, 1.165) is 24.6 Å². The molecule has 1 saturated heterocycles. The number of hydrogen-bond donors (Lipinski definition) is 2. The van der Waals surface area contributed by atoms with Crippen LogP contribution in [0.2, 0.25) is 0 Å². The number of phenolic OH excluding ortho intramolecular Hbond substituents is 1. The van der Waals surface area contributed by atoms with Crippen molar-refractivity contribution in [3.63, 3.8) is 0 Å². The van der Waals surface area contributed by atoms with Gasteiger partial charge in [-0.2, -0.15) is 0 Å². The maximum atomic E-state index is 13.1. The minimum atomic E-state index is -0.567. The number of rotatable bonds is 2. The van der Waals surface area contributed by atoms with E-state index in [4.69, 9.17) is 18.0 Å². The Balaban J connectivity index is 2.31. The third-order valence-corrected chi connectivity index (χ3v) is 3.30. The first-order chi connectivity index (χ1) is 8.50. The molecule has 0 aliphatic carbocycles. The molecule has 1 atom stereocenters. The molecule has 1 aromatic rings. The summed E-state index contributed by atoms with van der Waals surface area (Å²) in [5, 5.41) is 9.61. The summed E-state index contributed by atoms with van der Waals surface area (Å²) in [5.74, 6) is -1.25. The summed E-state index contributed by atoms with van der Waals surface area (Å²) in [4.78, 5) is 13.9. The summed E-state index contributed by atoms with van der Waals surface area (Å²) in [7, 11) is 0. The second-order valence-electron chi connectivity index (χ2n) is 4.22. The molecule has 1 amide bonds. The maximum Gasteiger partial charge on any atom is 0.258 e. The van der Waals surface area contributed by atoms with Crippen molar-refractivity contribution >= 4 is 23.1 Å². The number of benzene rings is 1. The summed E-state index contributed by atoms with van der Waals surface area (Å²) >= 11 is 4.91. The van der Waals surface area contributed by atoms with Gasteiger partial charge in [-0.3, -0.25) is 4.79 Å². The zero-order valence-electron chi connectivity index (χ0n) is 9.60. The topological polar surface area (TPSA) is 66.6 Å². The summed E-state index contributed by atoms with van der Waals surface area (Å²) in [5.41, 5.74) is 5.52. The predicted octanol–water partition coefficient (Wildman–Crippen LogP) is 1.42. The van der Waals surface area contributed by atoms with Crippen LogP contribution in [0.15, 0.2) is 18.2 Å². The molecular formula is C12H13FN2O2S. The first kappa shape index (κ1) is 12.8. The number of nitrogens with two attached hydrogens (primary N) is 1. The Kier molecular flexibility index (Phi) is 3.47. The molecule has 1 aromatic carbocycles. The molecule has 18 heavy (non-hydrogen) atoms. The highest BCUT2D eigenvalue weighted by molar-refractivity contribution is 7.80. The Morgan fingerprint density at radius 1 is 1.56 bits per heavy atom. The van der Waals surface area contributed by atoms with E-state index >= 15 is 0 Å². The molecule has 0 spiro atoms. The van der Waals surface area contributed by atoms with E-state index in [2.05, 4.69) is 0 Å². The highest BCUT2D eigenvalue weighted by Gasteiger charge is 2.32. The number of amides is 1. The van der Waals surface area contributed by atoms with E-state index < -0.39 is 11.7 Å². The quantitative estimate of drug-likeness (QED) is 0.796. The third kappa shape index (κ3) is 2.28. The van der Waals surface area contributed by atoms with Gasteiger partial charge in [0.15, 0.2) is 0 Å². The van der Waals surface area contributed by atoms with Crippen LogP contribution in [0.1, 0.15) is 23.2 Å². The molecule has 1 heterocycles. The standard InChI is InChI=1S/C12H13FN2O2S/c13-7-3-4-10(16)8(6-7)12(17)15-5-1-2-9(15)11(14)18/h3-4,6,9,16H,1-2,5H2,(H2,14,18). The lowest BCUT2D eigenvalue weighted by atomic mass is 10.1. The van der Waals surface area contributed by atoms with E-state index in [-0.39, 0.29) is 22.3 Å². The first-order valence-corrected chi connectivity index (χ1v) is 6.00. The van der Waals surface area contributed by atoms with Crippen LogP contribution in [-0.4, -0.2) is 33.5 Å². The van der Waals surface area contributed by atoms with Gasteiger partial charge in [0.25, 0.3) is 5.91 Å². The van der Waals surface area contributed by atoms with Gasteiger partial charge in [-0.1, -0.05) is 12.2 Å². The van der Waals surface area contributed by atoms with Gasteiger partial charge in [-0.05, 0) is 31.0 Å². The van der Waals surface area contributed by atoms with Gasteiger partial charge in [0, 0.05) is 6.54 Å². The van der Waals surface area contributed by atoms with Gasteiger partial charge in [0.2, 0.25) is 0 Å². The van der Waals surface area contributed by atoms with Crippen molar-refractivity contribution in [2.75, 3.05) is 6.54 Å². The number of halogens is 1. The fourth-order valence-electron chi connectivity index (χ4n) is 2.14. The minimum absolute atomic E-state index is 0.0573. The van der Waals surface area contributed by atoms with Crippen molar-refractivity contribution in [3.05, 3.63) is 29.6 Å². The van der Waals surface area contributed by atoms with Gasteiger partial charge < -0.3 is 15.7 Å². The number of nitrogens with zero attached hydrogens (tertiary/aromatic N) is 1.